The highest BCUT2D eigenvalue weighted by Crippen LogP contribution is 2.33. The van der Waals surface area contributed by atoms with Crippen LogP contribution in [0.3, 0.4) is 0 Å². The molecule has 0 aromatic heterocycles. The minimum atomic E-state index is -1.49. The van der Waals surface area contributed by atoms with Gasteiger partial charge >= 0.3 is 0 Å². The van der Waals surface area contributed by atoms with Crippen LogP contribution in [0.25, 0.3) is 0 Å². The first-order chi connectivity index (χ1) is 13.0. The number of alkyl halides is 1. The van der Waals surface area contributed by atoms with E-state index < -0.39 is 18.1 Å². The molecule has 2 aliphatic heterocycles. The number of carbonyl (C=O) groups excluding carboxylic acids is 3. The molecule has 2 heterocycles. The number of methoxy groups -OCH3 is 1. The van der Waals surface area contributed by atoms with Crippen molar-refractivity contribution in [2.45, 2.75) is 44.3 Å². The van der Waals surface area contributed by atoms with Crippen LogP contribution in [0.2, 0.25) is 0 Å². The maximum absolute atomic E-state index is 14.9. The molecule has 0 saturated carbocycles. The Morgan fingerprint density at radius 1 is 1.22 bits per heavy atom. The smallest absolute Gasteiger partial charge is 0.254 e. The Bertz CT molecular complexity index is 756. The first-order valence-corrected chi connectivity index (χ1v) is 9.13. The predicted molar refractivity (Wildman–Crippen MR) is 95.9 cm³/mol. The van der Waals surface area contributed by atoms with E-state index in [1.54, 1.807) is 13.1 Å². The van der Waals surface area contributed by atoms with E-state index in [1.807, 2.05) is 0 Å². The Morgan fingerprint density at radius 3 is 2.67 bits per heavy atom. The van der Waals surface area contributed by atoms with Crippen molar-refractivity contribution in [3.8, 4) is 0 Å². The molecule has 0 radical (unpaired) electrons. The number of ether oxygens (including phenoxy) is 1. The van der Waals surface area contributed by atoms with Crippen LogP contribution < -0.4 is 10.6 Å². The largest absolute Gasteiger partial charge is 0.497 e. The number of nitrogens with one attached hydrogen (secondary N) is 2. The lowest BCUT2D eigenvalue weighted by molar-refractivity contribution is -0.144. The van der Waals surface area contributed by atoms with E-state index in [2.05, 4.69) is 10.6 Å². The summed E-state index contributed by atoms with van der Waals surface area (Å²) in [7, 11) is 3.01. The van der Waals surface area contributed by atoms with Gasteiger partial charge < -0.3 is 15.0 Å². The summed E-state index contributed by atoms with van der Waals surface area (Å²) in [6.45, 7) is 0.416. The van der Waals surface area contributed by atoms with Crippen LogP contribution in [0.1, 0.15) is 32.1 Å². The lowest BCUT2D eigenvalue weighted by Crippen LogP contribution is -2.55. The van der Waals surface area contributed by atoms with Gasteiger partial charge in [-0.1, -0.05) is 0 Å². The number of hydrogen-bond donors (Lipinski definition) is 2. The van der Waals surface area contributed by atoms with Gasteiger partial charge in [0.1, 0.15) is 11.8 Å². The lowest BCUT2D eigenvalue weighted by atomic mass is 9.92. The van der Waals surface area contributed by atoms with Gasteiger partial charge in [0.05, 0.1) is 12.8 Å². The summed E-state index contributed by atoms with van der Waals surface area (Å²) in [5, 5.41) is 5.10. The Kier molecular flexibility index (Phi) is 5.62. The van der Waals surface area contributed by atoms with E-state index >= 15 is 0 Å². The fourth-order valence-electron chi connectivity index (χ4n) is 3.80. The van der Waals surface area contributed by atoms with Gasteiger partial charge in [-0.3, -0.25) is 19.7 Å². The van der Waals surface area contributed by atoms with Gasteiger partial charge in [0, 0.05) is 31.2 Å². The van der Waals surface area contributed by atoms with Crippen molar-refractivity contribution in [2.75, 3.05) is 20.7 Å². The van der Waals surface area contributed by atoms with Crippen LogP contribution in [0.5, 0.6) is 0 Å². The number of allylic oxidation sites excluding steroid dienone is 2. The Balaban J connectivity index is 2.01. The van der Waals surface area contributed by atoms with Gasteiger partial charge in [0.2, 0.25) is 11.8 Å². The molecule has 2 atom stereocenters. The van der Waals surface area contributed by atoms with Crippen molar-refractivity contribution in [3.05, 3.63) is 34.8 Å². The van der Waals surface area contributed by atoms with Gasteiger partial charge in [-0.25, -0.2) is 4.39 Å². The topological polar surface area (TPSA) is 87.7 Å². The standard InChI is InChI=1S/C19H24FN3O4/c1-21-13-7-6-12-11(17(27-2)16(13)20)5-3-4-10-23(19(12)26)14-8-9-15(24)22-18(14)25/h6-7,14,16,21H,3-5,8-10H2,1-2H3,(H,22,24,25). The van der Waals surface area contributed by atoms with Gasteiger partial charge in [-0.2, -0.15) is 0 Å². The molecule has 7 nitrogen and oxygen atoms in total. The highest BCUT2D eigenvalue weighted by molar-refractivity contribution is 6.05. The third kappa shape index (κ3) is 3.61. The molecule has 27 heavy (non-hydrogen) atoms. The van der Waals surface area contributed by atoms with Crippen molar-refractivity contribution < 1.29 is 23.5 Å². The molecule has 3 rings (SSSR count). The van der Waals surface area contributed by atoms with E-state index in [1.165, 1.54) is 18.1 Å². The number of likely N-dealkylation sites (tertiary alicyclic amines) is 1. The minimum absolute atomic E-state index is 0.123. The number of fused-ring (bicyclic) bond motifs is 1. The first kappa shape index (κ1) is 19.1. The fourth-order valence-corrected chi connectivity index (χ4v) is 3.80. The molecule has 3 amide bonds. The summed E-state index contributed by atoms with van der Waals surface area (Å²) in [6.07, 6.45) is 4.07. The van der Waals surface area contributed by atoms with E-state index in [0.717, 1.165) is 6.42 Å². The third-order valence-electron chi connectivity index (χ3n) is 5.22. The maximum atomic E-state index is 14.9. The Hall–Kier alpha value is -2.64. The van der Waals surface area contributed by atoms with Crippen LogP contribution in [0, 0.1) is 0 Å². The van der Waals surface area contributed by atoms with E-state index in [4.69, 9.17) is 4.74 Å². The zero-order chi connectivity index (χ0) is 19.6. The number of carbonyl (C=O) groups is 3. The molecule has 0 spiro atoms. The highest BCUT2D eigenvalue weighted by Gasteiger charge is 2.38. The third-order valence-corrected chi connectivity index (χ3v) is 5.22. The SMILES string of the molecule is CNC1=CC=C2C(=O)N(C3CCC(=O)NC3=O)CCCCC2=C(OC)C1F. The van der Waals surface area contributed by atoms with Crippen molar-refractivity contribution in [1.29, 1.82) is 0 Å². The van der Waals surface area contributed by atoms with Crippen molar-refractivity contribution in [1.82, 2.24) is 15.5 Å². The number of halogens is 1. The molecule has 1 aliphatic carbocycles. The molecule has 8 heteroatoms. The van der Waals surface area contributed by atoms with Crippen molar-refractivity contribution >= 4 is 17.7 Å². The van der Waals surface area contributed by atoms with Gasteiger partial charge in [-0.05, 0) is 37.8 Å². The molecule has 2 fully saturated rings. The molecule has 2 N–H and O–H groups in total. The summed E-state index contributed by atoms with van der Waals surface area (Å²) >= 11 is 0. The molecular weight excluding hydrogens is 353 g/mol. The number of imide groups is 1. The van der Waals surface area contributed by atoms with Crippen molar-refractivity contribution in [3.63, 3.8) is 0 Å². The summed E-state index contributed by atoms with van der Waals surface area (Å²) < 4.78 is 20.2. The second-order valence-electron chi connectivity index (χ2n) is 6.78. The number of nitrogens with zero attached hydrogens (tertiary/aromatic N) is 1. The highest BCUT2D eigenvalue weighted by atomic mass is 19.1. The molecule has 146 valence electrons. The molecule has 3 aliphatic rings. The number of hydrogen-bond acceptors (Lipinski definition) is 5. The lowest BCUT2D eigenvalue weighted by Gasteiger charge is -2.35. The first-order valence-electron chi connectivity index (χ1n) is 9.13. The van der Waals surface area contributed by atoms with Crippen molar-refractivity contribution in [2.24, 2.45) is 0 Å². The maximum Gasteiger partial charge on any atom is 0.254 e. The molecular formula is C19H24FN3O4. The summed E-state index contributed by atoms with van der Waals surface area (Å²) in [6, 6.07) is -0.696. The van der Waals surface area contributed by atoms with E-state index in [-0.39, 0.29) is 24.0 Å². The monoisotopic (exact) mass is 377 g/mol. The molecule has 2 saturated heterocycles. The quantitative estimate of drug-likeness (QED) is 0.719. The average molecular weight is 377 g/mol. The molecule has 2 unspecified atom stereocenters. The molecule has 0 aromatic carbocycles. The average Bonchev–Trinajstić information content (AvgIpc) is 2.76. The number of rotatable bonds is 3. The van der Waals surface area contributed by atoms with Crippen LogP contribution in [0.15, 0.2) is 34.8 Å². The predicted octanol–water partition coefficient (Wildman–Crippen LogP) is 1.09. The van der Waals surface area contributed by atoms with Crippen LogP contribution in [0.4, 0.5) is 4.39 Å². The second kappa shape index (κ2) is 7.94. The minimum Gasteiger partial charge on any atom is -0.497 e. The number of piperidine rings is 1. The molecule has 0 bridgehead atoms. The van der Waals surface area contributed by atoms with Gasteiger partial charge in [0.15, 0.2) is 6.17 Å². The normalized spacial score (nSPS) is 26.9. The second-order valence-corrected chi connectivity index (χ2v) is 6.78. The summed E-state index contributed by atoms with van der Waals surface area (Å²) in [5.74, 6) is -0.998. The van der Waals surface area contributed by atoms with Gasteiger partial charge in [0.25, 0.3) is 5.91 Å². The van der Waals surface area contributed by atoms with Crippen LogP contribution in [-0.4, -0.2) is 55.5 Å². The Morgan fingerprint density at radius 2 is 2.00 bits per heavy atom. The van der Waals surface area contributed by atoms with Crippen LogP contribution in [-0.2, 0) is 19.1 Å². The van der Waals surface area contributed by atoms with E-state index in [0.29, 0.717) is 42.7 Å². The van der Waals surface area contributed by atoms with E-state index in [9.17, 15) is 18.8 Å². The fraction of sp³-hybridized carbons (Fsp3) is 0.526. The summed E-state index contributed by atoms with van der Waals surface area (Å²) in [4.78, 5) is 38.5. The molecule has 0 aromatic rings. The Labute approximate surface area is 157 Å². The van der Waals surface area contributed by atoms with Crippen LogP contribution >= 0.6 is 0 Å². The zero-order valence-corrected chi connectivity index (χ0v) is 15.5. The summed E-state index contributed by atoms with van der Waals surface area (Å²) in [5.41, 5.74) is 1.18. The van der Waals surface area contributed by atoms with Gasteiger partial charge in [-0.15, -0.1) is 0 Å². The number of amides is 3. The zero-order valence-electron chi connectivity index (χ0n) is 15.5.